The van der Waals surface area contributed by atoms with Crippen molar-refractivity contribution in [1.29, 1.82) is 0 Å². The molecule has 2 aliphatic heterocycles. The molecule has 9 heteroatoms. The molecule has 2 aliphatic rings. The summed E-state index contributed by atoms with van der Waals surface area (Å²) >= 11 is 6.14. The zero-order chi connectivity index (χ0) is 24.6. The van der Waals surface area contributed by atoms with Gasteiger partial charge in [-0.05, 0) is 60.9 Å². The summed E-state index contributed by atoms with van der Waals surface area (Å²) in [5.41, 5.74) is 1.03. The summed E-state index contributed by atoms with van der Waals surface area (Å²) in [6, 6.07) is 17.2. The second-order valence-electron chi connectivity index (χ2n) is 8.44. The molecule has 0 aliphatic carbocycles. The molecular weight excluding hydrogens is 490 g/mol. The first-order chi connectivity index (χ1) is 16.8. The zero-order valence-electron chi connectivity index (χ0n) is 18.6. The first-order valence-electron chi connectivity index (χ1n) is 11.2. The average molecular weight is 512 g/mol. The number of rotatable bonds is 5. The van der Waals surface area contributed by atoms with Gasteiger partial charge in [-0.3, -0.25) is 4.79 Å². The summed E-state index contributed by atoms with van der Waals surface area (Å²) in [5.74, 6) is -1.11. The van der Waals surface area contributed by atoms with Crippen LogP contribution in [0.1, 0.15) is 39.1 Å². The number of esters is 1. The average Bonchev–Trinajstić information content (AvgIpc) is 3.37. The third-order valence-corrected chi connectivity index (χ3v) is 8.18. The lowest BCUT2D eigenvalue weighted by Crippen LogP contribution is -2.30. The molecule has 0 unspecified atom stereocenters. The Morgan fingerprint density at radius 1 is 1.06 bits per heavy atom. The number of anilines is 1. The highest BCUT2D eigenvalue weighted by Gasteiger charge is 2.36. The number of nitrogens with zero attached hydrogens (tertiary/aromatic N) is 1. The van der Waals surface area contributed by atoms with Crippen molar-refractivity contribution >= 4 is 39.0 Å². The van der Waals surface area contributed by atoms with Crippen molar-refractivity contribution in [2.45, 2.75) is 35.3 Å². The van der Waals surface area contributed by atoms with Gasteiger partial charge >= 0.3 is 5.97 Å². The maximum absolute atomic E-state index is 13.7. The molecule has 0 saturated carbocycles. The molecule has 0 N–H and O–H groups in total. The van der Waals surface area contributed by atoms with E-state index in [1.807, 2.05) is 0 Å². The van der Waals surface area contributed by atoms with E-state index in [0.29, 0.717) is 17.2 Å². The predicted octanol–water partition coefficient (Wildman–Crippen LogP) is 4.67. The van der Waals surface area contributed by atoms with Gasteiger partial charge < -0.3 is 14.4 Å². The molecule has 180 valence electrons. The van der Waals surface area contributed by atoms with Gasteiger partial charge in [0.25, 0.3) is 5.91 Å². The van der Waals surface area contributed by atoms with Crippen molar-refractivity contribution in [3.05, 3.63) is 88.4 Å². The normalized spacial score (nSPS) is 18.5. The number of ether oxygens (including phenoxy) is 2. The van der Waals surface area contributed by atoms with E-state index in [0.717, 1.165) is 12.8 Å². The molecule has 3 aromatic rings. The third kappa shape index (κ3) is 4.57. The fourth-order valence-corrected chi connectivity index (χ4v) is 6.18. The first-order valence-corrected chi connectivity index (χ1v) is 13.0. The maximum Gasteiger partial charge on any atom is 0.338 e. The van der Waals surface area contributed by atoms with Gasteiger partial charge in [-0.1, -0.05) is 35.9 Å². The lowest BCUT2D eigenvalue weighted by molar-refractivity contribution is 0.0161. The lowest BCUT2D eigenvalue weighted by atomic mass is 10.1. The molecule has 5 rings (SSSR count). The molecule has 0 aromatic heterocycles. The SMILES string of the molecule is O=C(OC[C@H]1CCCO1)c1ccc2c(c1)N(Cc1cccc(Cl)c1)C(=O)c1ccccc1S2(=O)=O. The van der Waals surface area contributed by atoms with Crippen LogP contribution in [-0.2, 0) is 25.9 Å². The molecule has 1 amide bonds. The first kappa shape index (κ1) is 23.5. The number of fused-ring (bicyclic) bond motifs is 2. The third-order valence-electron chi connectivity index (χ3n) is 6.08. The van der Waals surface area contributed by atoms with Crippen molar-refractivity contribution < 1.29 is 27.5 Å². The van der Waals surface area contributed by atoms with Gasteiger partial charge in [-0.25, -0.2) is 13.2 Å². The van der Waals surface area contributed by atoms with Crippen molar-refractivity contribution in [1.82, 2.24) is 0 Å². The monoisotopic (exact) mass is 511 g/mol. The number of halogens is 1. The van der Waals surface area contributed by atoms with Gasteiger partial charge in [-0.2, -0.15) is 0 Å². The number of sulfone groups is 1. The van der Waals surface area contributed by atoms with E-state index in [-0.39, 0.29) is 45.9 Å². The highest BCUT2D eigenvalue weighted by molar-refractivity contribution is 7.91. The van der Waals surface area contributed by atoms with E-state index in [1.54, 1.807) is 36.4 Å². The van der Waals surface area contributed by atoms with Gasteiger partial charge in [0.15, 0.2) is 0 Å². The molecule has 7 nitrogen and oxygen atoms in total. The predicted molar refractivity (Wildman–Crippen MR) is 130 cm³/mol. The van der Waals surface area contributed by atoms with Crippen LogP contribution in [0, 0.1) is 0 Å². The van der Waals surface area contributed by atoms with Gasteiger partial charge in [0.05, 0.1) is 39.3 Å². The van der Waals surface area contributed by atoms with Crippen molar-refractivity contribution in [2.75, 3.05) is 18.1 Å². The van der Waals surface area contributed by atoms with E-state index in [2.05, 4.69) is 0 Å². The Morgan fingerprint density at radius 3 is 2.66 bits per heavy atom. The number of carbonyl (C=O) groups is 2. The number of carbonyl (C=O) groups excluding carboxylic acids is 2. The molecule has 1 saturated heterocycles. The van der Waals surface area contributed by atoms with Crippen molar-refractivity contribution in [2.24, 2.45) is 0 Å². The van der Waals surface area contributed by atoms with Crippen LogP contribution in [-0.4, -0.2) is 39.6 Å². The summed E-state index contributed by atoms with van der Waals surface area (Å²) in [7, 11) is -4.03. The summed E-state index contributed by atoms with van der Waals surface area (Å²) in [4.78, 5) is 27.7. The highest BCUT2D eigenvalue weighted by atomic mass is 35.5. The molecule has 0 radical (unpaired) electrons. The van der Waals surface area contributed by atoms with Crippen LogP contribution >= 0.6 is 11.6 Å². The molecule has 2 heterocycles. The molecule has 0 bridgehead atoms. The topological polar surface area (TPSA) is 90.0 Å². The molecule has 35 heavy (non-hydrogen) atoms. The fraction of sp³-hybridized carbons (Fsp3) is 0.231. The summed E-state index contributed by atoms with van der Waals surface area (Å²) in [5, 5.41) is 0.490. The minimum Gasteiger partial charge on any atom is -0.459 e. The lowest BCUT2D eigenvalue weighted by Gasteiger charge is -2.23. The summed E-state index contributed by atoms with van der Waals surface area (Å²) in [6.45, 7) is 0.815. The molecule has 1 fully saturated rings. The van der Waals surface area contributed by atoms with Crippen LogP contribution < -0.4 is 4.90 Å². The number of hydrogen-bond acceptors (Lipinski definition) is 6. The van der Waals surface area contributed by atoms with E-state index in [1.165, 1.54) is 35.2 Å². The largest absolute Gasteiger partial charge is 0.459 e. The van der Waals surface area contributed by atoms with Crippen LogP contribution in [0.3, 0.4) is 0 Å². The molecular formula is C26H22ClNO6S. The minimum atomic E-state index is -4.03. The Balaban J connectivity index is 1.59. The molecule has 3 aromatic carbocycles. The van der Waals surface area contributed by atoms with E-state index < -0.39 is 21.7 Å². The van der Waals surface area contributed by atoms with Gasteiger partial charge in [0.1, 0.15) is 6.61 Å². The van der Waals surface area contributed by atoms with Crippen LogP contribution in [0.2, 0.25) is 5.02 Å². The number of hydrogen-bond donors (Lipinski definition) is 0. The minimum absolute atomic E-state index is 0.0602. The highest BCUT2D eigenvalue weighted by Crippen LogP contribution is 2.38. The van der Waals surface area contributed by atoms with Crippen LogP contribution in [0.5, 0.6) is 0 Å². The van der Waals surface area contributed by atoms with E-state index in [4.69, 9.17) is 21.1 Å². The molecule has 0 spiro atoms. The van der Waals surface area contributed by atoms with Crippen LogP contribution in [0.25, 0.3) is 0 Å². The van der Waals surface area contributed by atoms with Crippen molar-refractivity contribution in [3.8, 4) is 0 Å². The summed E-state index contributed by atoms with van der Waals surface area (Å²) < 4.78 is 38.0. The Morgan fingerprint density at radius 2 is 1.89 bits per heavy atom. The second-order valence-corrected chi connectivity index (χ2v) is 10.8. The van der Waals surface area contributed by atoms with E-state index in [9.17, 15) is 18.0 Å². The van der Waals surface area contributed by atoms with Crippen molar-refractivity contribution in [3.63, 3.8) is 0 Å². The van der Waals surface area contributed by atoms with E-state index >= 15 is 0 Å². The van der Waals surface area contributed by atoms with Crippen LogP contribution in [0.4, 0.5) is 5.69 Å². The fourth-order valence-electron chi connectivity index (χ4n) is 4.34. The Kier molecular flexibility index (Phi) is 6.35. The van der Waals surface area contributed by atoms with Crippen LogP contribution in [0.15, 0.2) is 76.5 Å². The Bertz CT molecular complexity index is 1410. The maximum atomic E-state index is 13.7. The zero-order valence-corrected chi connectivity index (χ0v) is 20.2. The second kappa shape index (κ2) is 9.45. The quantitative estimate of drug-likeness (QED) is 0.462. The van der Waals surface area contributed by atoms with Gasteiger partial charge in [-0.15, -0.1) is 0 Å². The smallest absolute Gasteiger partial charge is 0.338 e. The van der Waals surface area contributed by atoms with Gasteiger partial charge in [0.2, 0.25) is 9.84 Å². The Labute approximate surface area is 208 Å². The molecule has 1 atom stereocenters. The number of benzene rings is 3. The summed E-state index contributed by atoms with van der Waals surface area (Å²) in [6.07, 6.45) is 1.59. The number of amides is 1. The van der Waals surface area contributed by atoms with Gasteiger partial charge in [0, 0.05) is 11.6 Å². The Hall–Kier alpha value is -3.20. The standard InChI is InChI=1S/C26H22ClNO6S/c27-19-6-3-5-17(13-19)15-28-22-14-18(26(30)34-16-20-7-4-12-33-20)10-11-24(22)35(31,32)23-9-2-1-8-21(23)25(28)29/h1-3,5-6,8-11,13-14,20H,4,7,12,15-16H2/t20-/m1/s1.